The van der Waals surface area contributed by atoms with E-state index in [-0.39, 0.29) is 5.91 Å². The van der Waals surface area contributed by atoms with E-state index in [4.69, 9.17) is 0 Å². The summed E-state index contributed by atoms with van der Waals surface area (Å²) in [6, 6.07) is 11.6. The zero-order valence-corrected chi connectivity index (χ0v) is 10.6. The summed E-state index contributed by atoms with van der Waals surface area (Å²) in [6.45, 7) is 3.64. The predicted octanol–water partition coefficient (Wildman–Crippen LogP) is 2.62. The Morgan fingerprint density at radius 2 is 1.83 bits per heavy atom. The number of carbonyl (C=O) groups excluding carboxylic acids is 1. The number of hydrogen-bond donors (Lipinski definition) is 1. The first kappa shape index (κ1) is 12.4. The fraction of sp³-hybridized carbons (Fsp3) is 0.267. The molecule has 0 aliphatic carbocycles. The number of rotatable bonds is 5. The SMILES string of the molecule is Cc1ccc(C(=O)NCCCn2cccc2)cc1. The van der Waals surface area contributed by atoms with Gasteiger partial charge in [0.2, 0.25) is 0 Å². The third-order valence-corrected chi connectivity index (χ3v) is 2.86. The van der Waals surface area contributed by atoms with Crippen LogP contribution < -0.4 is 5.32 Å². The molecule has 1 N–H and O–H groups in total. The highest BCUT2D eigenvalue weighted by molar-refractivity contribution is 5.94. The summed E-state index contributed by atoms with van der Waals surface area (Å²) < 4.78 is 2.11. The lowest BCUT2D eigenvalue weighted by Crippen LogP contribution is -2.25. The van der Waals surface area contributed by atoms with Gasteiger partial charge in [0.05, 0.1) is 0 Å². The Bertz CT molecular complexity index is 486. The molecule has 2 rings (SSSR count). The first-order valence-corrected chi connectivity index (χ1v) is 6.21. The van der Waals surface area contributed by atoms with E-state index in [9.17, 15) is 4.79 Å². The summed E-state index contributed by atoms with van der Waals surface area (Å²) in [6.07, 6.45) is 5.00. The molecule has 0 saturated heterocycles. The van der Waals surface area contributed by atoms with Crippen molar-refractivity contribution >= 4 is 5.91 Å². The first-order chi connectivity index (χ1) is 8.75. The normalized spacial score (nSPS) is 10.3. The van der Waals surface area contributed by atoms with E-state index in [1.165, 1.54) is 5.56 Å². The van der Waals surface area contributed by atoms with Crippen molar-refractivity contribution in [2.75, 3.05) is 6.54 Å². The Balaban J connectivity index is 1.73. The first-order valence-electron chi connectivity index (χ1n) is 6.21. The number of aromatic nitrogens is 1. The van der Waals surface area contributed by atoms with Crippen molar-refractivity contribution < 1.29 is 4.79 Å². The lowest BCUT2D eigenvalue weighted by Gasteiger charge is -2.06. The second kappa shape index (κ2) is 6.05. The Hall–Kier alpha value is -2.03. The quantitative estimate of drug-likeness (QED) is 0.803. The standard InChI is InChI=1S/C15H18N2O/c1-13-5-7-14(8-6-13)15(18)16-9-4-12-17-10-2-3-11-17/h2-3,5-8,10-11H,4,9,12H2,1H3,(H,16,18). The maximum atomic E-state index is 11.8. The summed E-state index contributed by atoms with van der Waals surface area (Å²) in [5.74, 6) is 0.00232. The molecule has 1 aromatic heterocycles. The summed E-state index contributed by atoms with van der Waals surface area (Å²) in [5, 5.41) is 2.93. The van der Waals surface area contributed by atoms with Gasteiger partial charge in [-0.15, -0.1) is 0 Å². The van der Waals surface area contributed by atoms with E-state index in [0.717, 1.165) is 18.5 Å². The summed E-state index contributed by atoms with van der Waals surface area (Å²) >= 11 is 0. The van der Waals surface area contributed by atoms with Crippen molar-refractivity contribution in [3.63, 3.8) is 0 Å². The highest BCUT2D eigenvalue weighted by Gasteiger charge is 2.03. The van der Waals surface area contributed by atoms with Crippen LogP contribution in [0.2, 0.25) is 0 Å². The second-order valence-corrected chi connectivity index (χ2v) is 4.40. The molecule has 1 amide bonds. The third kappa shape index (κ3) is 3.48. The number of carbonyl (C=O) groups is 1. The predicted molar refractivity (Wildman–Crippen MR) is 72.6 cm³/mol. The van der Waals surface area contributed by atoms with E-state index < -0.39 is 0 Å². The minimum atomic E-state index is 0.00232. The number of benzene rings is 1. The number of hydrogen-bond acceptors (Lipinski definition) is 1. The van der Waals surface area contributed by atoms with Crippen LogP contribution >= 0.6 is 0 Å². The number of nitrogens with zero attached hydrogens (tertiary/aromatic N) is 1. The molecule has 94 valence electrons. The van der Waals surface area contributed by atoms with Gasteiger partial charge in [-0.3, -0.25) is 4.79 Å². The summed E-state index contributed by atoms with van der Waals surface area (Å²) in [4.78, 5) is 11.8. The van der Waals surface area contributed by atoms with Gasteiger partial charge < -0.3 is 9.88 Å². The van der Waals surface area contributed by atoms with Crippen molar-refractivity contribution in [3.8, 4) is 0 Å². The highest BCUT2D eigenvalue weighted by atomic mass is 16.1. The van der Waals surface area contributed by atoms with E-state index in [0.29, 0.717) is 6.54 Å². The van der Waals surface area contributed by atoms with Crippen LogP contribution in [0.4, 0.5) is 0 Å². The highest BCUT2D eigenvalue weighted by Crippen LogP contribution is 2.02. The molecular weight excluding hydrogens is 224 g/mol. The summed E-state index contributed by atoms with van der Waals surface area (Å²) in [5.41, 5.74) is 1.89. The average molecular weight is 242 g/mol. The van der Waals surface area contributed by atoms with Crippen LogP contribution in [-0.4, -0.2) is 17.0 Å². The molecule has 0 saturated carbocycles. The lowest BCUT2D eigenvalue weighted by atomic mass is 10.1. The number of amides is 1. The minimum Gasteiger partial charge on any atom is -0.354 e. The van der Waals surface area contributed by atoms with Crippen molar-refractivity contribution in [2.24, 2.45) is 0 Å². The maximum absolute atomic E-state index is 11.8. The minimum absolute atomic E-state index is 0.00232. The Morgan fingerprint density at radius 3 is 2.50 bits per heavy atom. The fourth-order valence-corrected chi connectivity index (χ4v) is 1.79. The van der Waals surface area contributed by atoms with Crippen molar-refractivity contribution in [1.82, 2.24) is 9.88 Å². The van der Waals surface area contributed by atoms with Crippen LogP contribution in [0, 0.1) is 6.92 Å². The molecule has 3 nitrogen and oxygen atoms in total. The Kier molecular flexibility index (Phi) is 4.18. The molecule has 0 aliphatic rings. The van der Waals surface area contributed by atoms with Crippen LogP contribution in [0.15, 0.2) is 48.8 Å². The molecule has 3 heteroatoms. The van der Waals surface area contributed by atoms with Crippen LogP contribution in [0.25, 0.3) is 0 Å². The smallest absolute Gasteiger partial charge is 0.251 e. The number of nitrogens with one attached hydrogen (secondary N) is 1. The number of aryl methyl sites for hydroxylation is 2. The fourth-order valence-electron chi connectivity index (χ4n) is 1.79. The zero-order valence-electron chi connectivity index (χ0n) is 10.6. The van der Waals surface area contributed by atoms with Gasteiger partial charge >= 0.3 is 0 Å². The van der Waals surface area contributed by atoms with Gasteiger partial charge in [0.1, 0.15) is 0 Å². The van der Waals surface area contributed by atoms with Crippen molar-refractivity contribution in [2.45, 2.75) is 19.9 Å². The molecule has 0 atom stereocenters. The molecule has 0 radical (unpaired) electrons. The summed E-state index contributed by atoms with van der Waals surface area (Å²) in [7, 11) is 0. The molecular formula is C15H18N2O. The largest absolute Gasteiger partial charge is 0.354 e. The molecule has 0 spiro atoms. The lowest BCUT2D eigenvalue weighted by molar-refractivity contribution is 0.0952. The second-order valence-electron chi connectivity index (χ2n) is 4.40. The molecule has 1 heterocycles. The van der Waals surface area contributed by atoms with E-state index in [1.54, 1.807) is 0 Å². The van der Waals surface area contributed by atoms with E-state index >= 15 is 0 Å². The van der Waals surface area contributed by atoms with Gasteiger partial charge in [0.15, 0.2) is 0 Å². The van der Waals surface area contributed by atoms with E-state index in [2.05, 4.69) is 9.88 Å². The molecule has 1 aromatic carbocycles. The molecule has 0 bridgehead atoms. The maximum Gasteiger partial charge on any atom is 0.251 e. The van der Waals surface area contributed by atoms with Gasteiger partial charge in [-0.2, -0.15) is 0 Å². The van der Waals surface area contributed by atoms with Gasteiger partial charge in [0.25, 0.3) is 5.91 Å². The van der Waals surface area contributed by atoms with Gasteiger partial charge in [-0.25, -0.2) is 0 Å². The third-order valence-electron chi connectivity index (χ3n) is 2.86. The van der Waals surface area contributed by atoms with Crippen LogP contribution in [-0.2, 0) is 6.54 Å². The van der Waals surface area contributed by atoms with Crippen molar-refractivity contribution in [3.05, 3.63) is 59.9 Å². The molecule has 18 heavy (non-hydrogen) atoms. The van der Waals surface area contributed by atoms with Crippen LogP contribution in [0.5, 0.6) is 0 Å². The van der Waals surface area contributed by atoms with Gasteiger partial charge in [-0.1, -0.05) is 17.7 Å². The Labute approximate surface area is 107 Å². The topological polar surface area (TPSA) is 34.0 Å². The average Bonchev–Trinajstić information content (AvgIpc) is 2.88. The molecule has 0 aliphatic heterocycles. The zero-order chi connectivity index (χ0) is 12.8. The van der Waals surface area contributed by atoms with Crippen molar-refractivity contribution in [1.29, 1.82) is 0 Å². The molecule has 0 unspecified atom stereocenters. The monoisotopic (exact) mass is 242 g/mol. The van der Waals surface area contributed by atoms with Crippen LogP contribution in [0.1, 0.15) is 22.3 Å². The van der Waals surface area contributed by atoms with Gasteiger partial charge in [0, 0.05) is 31.0 Å². The van der Waals surface area contributed by atoms with Crippen LogP contribution in [0.3, 0.4) is 0 Å². The molecule has 2 aromatic rings. The van der Waals surface area contributed by atoms with Gasteiger partial charge in [-0.05, 0) is 37.6 Å². The Morgan fingerprint density at radius 1 is 1.17 bits per heavy atom. The molecule has 0 fully saturated rings. The van der Waals surface area contributed by atoms with E-state index in [1.807, 2.05) is 55.7 Å².